The molecular weight excluding hydrogens is 434 g/mol. The van der Waals surface area contributed by atoms with Crippen LogP contribution in [0.15, 0.2) is 69.2 Å². The van der Waals surface area contributed by atoms with Crippen LogP contribution in [0.3, 0.4) is 0 Å². The fraction of sp³-hybridized carbons (Fsp3) is 0. The zero-order valence-electron chi connectivity index (χ0n) is 14.6. The molecule has 0 fully saturated rings. The molecule has 2 heterocycles. The molecule has 0 aliphatic carbocycles. The predicted octanol–water partition coefficient (Wildman–Crippen LogP) is 4.29. The van der Waals surface area contributed by atoms with Crippen LogP contribution in [0, 0.1) is 0 Å². The van der Waals surface area contributed by atoms with E-state index in [0.29, 0.717) is 21.7 Å². The molecule has 0 bridgehead atoms. The Bertz CT molecular complexity index is 1200. The lowest BCUT2D eigenvalue weighted by atomic mass is 10.1. The van der Waals surface area contributed by atoms with Crippen molar-refractivity contribution in [3.05, 3.63) is 70.6 Å². The Morgan fingerprint density at radius 2 is 1.86 bits per heavy atom. The van der Waals surface area contributed by atoms with Crippen LogP contribution in [-0.4, -0.2) is 28.4 Å². The van der Waals surface area contributed by atoms with Crippen LogP contribution in [0.4, 0.5) is 10.8 Å². The highest BCUT2D eigenvalue weighted by Gasteiger charge is 2.25. The Morgan fingerprint density at radius 3 is 2.55 bits per heavy atom. The fourth-order valence-electron chi connectivity index (χ4n) is 2.78. The minimum Gasteiger partial charge on any atom is -0.322 e. The summed E-state index contributed by atoms with van der Waals surface area (Å²) < 4.78 is 47.1. The molecule has 4 N–H and O–H groups in total. The molecule has 8 nitrogen and oxygen atoms in total. The Hall–Kier alpha value is -2.70. The van der Waals surface area contributed by atoms with Gasteiger partial charge in [0.15, 0.2) is 5.13 Å². The highest BCUT2D eigenvalue weighted by atomic mass is 32.3. The maximum Gasteiger partial charge on any atom is 0.263 e. The Balaban J connectivity index is 1.52. The third kappa shape index (κ3) is 3.91. The van der Waals surface area contributed by atoms with Crippen molar-refractivity contribution in [1.82, 2.24) is 4.98 Å². The number of sulfonamides is 1. The van der Waals surface area contributed by atoms with Gasteiger partial charge < -0.3 is 5.32 Å². The van der Waals surface area contributed by atoms with Crippen molar-refractivity contribution in [2.24, 2.45) is 0 Å². The van der Waals surface area contributed by atoms with Crippen molar-refractivity contribution in [1.29, 1.82) is 0 Å². The van der Waals surface area contributed by atoms with Gasteiger partial charge in [-0.2, -0.15) is 0 Å². The zero-order valence-corrected chi connectivity index (χ0v) is 17.1. The number of amides is 1. The van der Waals surface area contributed by atoms with Gasteiger partial charge in [-0.1, -0.05) is 6.07 Å². The van der Waals surface area contributed by atoms with Crippen LogP contribution >= 0.6 is 21.9 Å². The summed E-state index contributed by atoms with van der Waals surface area (Å²) in [5.41, 5.74) is 1.14. The van der Waals surface area contributed by atoms with E-state index in [-0.39, 0.29) is 10.0 Å². The molecule has 2 aromatic carbocycles. The van der Waals surface area contributed by atoms with Crippen LogP contribution in [-0.2, 0) is 10.0 Å². The second kappa shape index (κ2) is 7.28. The number of hydrogen-bond donors (Lipinski definition) is 4. The molecule has 0 radical (unpaired) electrons. The van der Waals surface area contributed by atoms with E-state index in [1.807, 2.05) is 0 Å². The quantitative estimate of drug-likeness (QED) is 0.460. The number of carbonyl (C=O) groups is 1. The first kappa shape index (κ1) is 19.6. The lowest BCUT2D eigenvalue weighted by Crippen LogP contribution is -2.15. The molecule has 3 aromatic rings. The van der Waals surface area contributed by atoms with E-state index < -0.39 is 26.5 Å². The van der Waals surface area contributed by atoms with Gasteiger partial charge in [0.2, 0.25) is 0 Å². The summed E-state index contributed by atoms with van der Waals surface area (Å²) >= 11 is 1.17. The minimum atomic E-state index is -3.78. The Kier molecular flexibility index (Phi) is 4.92. The van der Waals surface area contributed by atoms with E-state index in [9.17, 15) is 22.3 Å². The number of anilines is 2. The molecule has 29 heavy (non-hydrogen) atoms. The topological polar surface area (TPSA) is 129 Å². The van der Waals surface area contributed by atoms with Gasteiger partial charge in [-0.15, -0.1) is 21.9 Å². The van der Waals surface area contributed by atoms with E-state index in [4.69, 9.17) is 0 Å². The molecule has 1 aliphatic heterocycles. The number of aromatic nitrogens is 1. The molecule has 0 saturated heterocycles. The van der Waals surface area contributed by atoms with Crippen molar-refractivity contribution in [3.63, 3.8) is 0 Å². The van der Waals surface area contributed by atoms with E-state index in [2.05, 4.69) is 15.0 Å². The fourth-order valence-corrected chi connectivity index (χ4v) is 5.82. The van der Waals surface area contributed by atoms with Crippen LogP contribution in [0.25, 0.3) is 6.08 Å². The average Bonchev–Trinajstić information content (AvgIpc) is 3.29. The first-order chi connectivity index (χ1) is 13.8. The van der Waals surface area contributed by atoms with E-state index in [0.717, 1.165) is 0 Å². The maximum atomic E-state index is 12.6. The Morgan fingerprint density at radius 1 is 1.10 bits per heavy atom. The molecule has 150 valence electrons. The summed E-state index contributed by atoms with van der Waals surface area (Å²) in [7, 11) is -6.79. The van der Waals surface area contributed by atoms with E-state index in [1.165, 1.54) is 53.3 Å². The van der Waals surface area contributed by atoms with Gasteiger partial charge in [0.25, 0.3) is 15.9 Å². The number of carbonyl (C=O) groups excluding carboxylic acids is 1. The summed E-state index contributed by atoms with van der Waals surface area (Å²) in [6, 6.07) is 10.4. The van der Waals surface area contributed by atoms with Gasteiger partial charge in [0.05, 0.1) is 9.79 Å². The SMILES string of the molecule is O=C(Nc1ccc(S(=O)(=O)Nc2nccs2)cc1)c1cccc2c1C=CS2(O)O. The Labute approximate surface area is 172 Å². The largest absolute Gasteiger partial charge is 0.322 e. The number of hydrogen-bond acceptors (Lipinski definition) is 7. The van der Waals surface area contributed by atoms with E-state index in [1.54, 1.807) is 23.6 Å². The predicted molar refractivity (Wildman–Crippen MR) is 114 cm³/mol. The average molecular weight is 450 g/mol. The standard InChI is InChI=1S/C18H15N3O5S3/c22-17(15-2-1-3-16-14(15)8-11-28(16,23)24)20-12-4-6-13(7-5-12)29(25,26)21-18-19-9-10-27-18/h1-11,23-24H,(H,19,21)(H,20,22). The number of rotatable bonds is 5. The molecule has 11 heteroatoms. The molecule has 0 unspecified atom stereocenters. The van der Waals surface area contributed by atoms with Gasteiger partial charge >= 0.3 is 0 Å². The maximum absolute atomic E-state index is 12.6. The van der Waals surface area contributed by atoms with Gasteiger partial charge in [0.1, 0.15) is 0 Å². The van der Waals surface area contributed by atoms with Crippen molar-refractivity contribution in [3.8, 4) is 0 Å². The van der Waals surface area contributed by atoms with Crippen molar-refractivity contribution in [2.75, 3.05) is 10.0 Å². The van der Waals surface area contributed by atoms with Gasteiger partial charge in [-0.25, -0.2) is 13.4 Å². The number of nitrogens with zero attached hydrogens (tertiary/aromatic N) is 1. The van der Waals surface area contributed by atoms with Crippen molar-refractivity contribution < 1.29 is 22.3 Å². The molecule has 4 rings (SSSR count). The third-order valence-electron chi connectivity index (χ3n) is 4.14. The smallest absolute Gasteiger partial charge is 0.263 e. The lowest BCUT2D eigenvalue weighted by Gasteiger charge is -2.25. The zero-order chi connectivity index (χ0) is 20.6. The summed E-state index contributed by atoms with van der Waals surface area (Å²) in [6.45, 7) is 0. The number of nitrogens with one attached hydrogen (secondary N) is 2. The van der Waals surface area contributed by atoms with Gasteiger partial charge in [-0.3, -0.25) is 18.6 Å². The van der Waals surface area contributed by atoms with Gasteiger partial charge in [0, 0.05) is 33.8 Å². The first-order valence-electron chi connectivity index (χ1n) is 8.19. The normalized spacial score (nSPS) is 15.5. The second-order valence-corrected chi connectivity index (χ2v) is 10.5. The lowest BCUT2D eigenvalue weighted by molar-refractivity contribution is 0.102. The molecule has 0 spiro atoms. The molecule has 1 amide bonds. The monoisotopic (exact) mass is 449 g/mol. The molecular formula is C18H15N3O5S3. The van der Waals surface area contributed by atoms with E-state index >= 15 is 0 Å². The molecule has 0 saturated carbocycles. The highest BCUT2D eigenvalue weighted by Crippen LogP contribution is 2.56. The minimum absolute atomic E-state index is 0.0307. The summed E-state index contributed by atoms with van der Waals surface area (Å²) in [4.78, 5) is 16.9. The second-order valence-electron chi connectivity index (χ2n) is 6.03. The number of benzene rings is 2. The number of thiazole rings is 1. The third-order valence-corrected chi connectivity index (χ3v) is 7.83. The molecule has 0 atom stereocenters. The van der Waals surface area contributed by atoms with Crippen molar-refractivity contribution in [2.45, 2.75) is 9.79 Å². The van der Waals surface area contributed by atoms with Crippen LogP contribution in [0.1, 0.15) is 15.9 Å². The first-order valence-corrected chi connectivity index (χ1v) is 12.2. The summed E-state index contributed by atoms with van der Waals surface area (Å²) in [6.07, 6.45) is 3.01. The number of fused-ring (bicyclic) bond motifs is 1. The van der Waals surface area contributed by atoms with Crippen molar-refractivity contribution >= 4 is 54.8 Å². The van der Waals surface area contributed by atoms with Crippen LogP contribution in [0.2, 0.25) is 0 Å². The molecule has 1 aromatic heterocycles. The summed E-state index contributed by atoms with van der Waals surface area (Å²) in [5, 5.41) is 5.89. The van der Waals surface area contributed by atoms with Gasteiger partial charge in [-0.05, 0) is 42.5 Å². The summed E-state index contributed by atoms with van der Waals surface area (Å²) in [5.74, 6) is -0.444. The highest BCUT2D eigenvalue weighted by molar-refractivity contribution is 8.27. The van der Waals surface area contributed by atoms with Crippen LogP contribution < -0.4 is 10.0 Å². The van der Waals surface area contributed by atoms with Crippen LogP contribution in [0.5, 0.6) is 0 Å². The molecule has 1 aliphatic rings.